The second kappa shape index (κ2) is 7.57. The molecule has 2 rings (SSSR count). The number of rotatable bonds is 6. The largest absolute Gasteiger partial charge is 0.369 e. The Hall–Kier alpha value is -1.39. The average molecular weight is 348 g/mol. The number of anilines is 1. The van der Waals surface area contributed by atoms with Gasteiger partial charge in [-0.3, -0.25) is 4.98 Å². The molecule has 0 aliphatic heterocycles. The highest BCUT2D eigenvalue weighted by Gasteiger charge is 2.10. The summed E-state index contributed by atoms with van der Waals surface area (Å²) >= 11 is 3.69. The summed E-state index contributed by atoms with van der Waals surface area (Å²) in [6.45, 7) is 6.07. The molecule has 0 saturated heterocycles. The van der Waals surface area contributed by atoms with E-state index in [0.29, 0.717) is 6.04 Å². The van der Waals surface area contributed by atoms with Gasteiger partial charge in [-0.2, -0.15) is 0 Å². The standard InChI is InChI=1S/C17H22BrN3/c1-4-19-13(2)16-9-8-15(11-17(16)18)21(3)12-14-7-5-6-10-20-14/h5-11,13,19H,4,12H2,1-3H3. The summed E-state index contributed by atoms with van der Waals surface area (Å²) in [5.74, 6) is 0. The van der Waals surface area contributed by atoms with Crippen molar-refractivity contribution in [3.8, 4) is 0 Å². The van der Waals surface area contributed by atoms with Crippen LogP contribution in [0.5, 0.6) is 0 Å². The van der Waals surface area contributed by atoms with Crippen molar-refractivity contribution in [2.24, 2.45) is 0 Å². The van der Waals surface area contributed by atoms with Gasteiger partial charge in [0.15, 0.2) is 0 Å². The number of hydrogen-bond donors (Lipinski definition) is 1. The molecule has 4 heteroatoms. The summed E-state index contributed by atoms with van der Waals surface area (Å²) in [6.07, 6.45) is 1.83. The fourth-order valence-electron chi connectivity index (χ4n) is 2.35. The maximum atomic E-state index is 4.37. The van der Waals surface area contributed by atoms with E-state index < -0.39 is 0 Å². The van der Waals surface area contributed by atoms with E-state index >= 15 is 0 Å². The number of hydrogen-bond acceptors (Lipinski definition) is 3. The van der Waals surface area contributed by atoms with Gasteiger partial charge in [0, 0.05) is 29.4 Å². The van der Waals surface area contributed by atoms with Gasteiger partial charge >= 0.3 is 0 Å². The first-order chi connectivity index (χ1) is 10.1. The molecule has 0 bridgehead atoms. The molecule has 0 spiro atoms. The van der Waals surface area contributed by atoms with Gasteiger partial charge in [0.1, 0.15) is 0 Å². The zero-order chi connectivity index (χ0) is 15.2. The maximum Gasteiger partial charge on any atom is 0.0598 e. The molecule has 1 heterocycles. The Kier molecular flexibility index (Phi) is 5.76. The molecule has 1 aromatic heterocycles. The van der Waals surface area contributed by atoms with Crippen molar-refractivity contribution in [3.63, 3.8) is 0 Å². The van der Waals surface area contributed by atoms with E-state index in [-0.39, 0.29) is 0 Å². The molecule has 1 atom stereocenters. The lowest BCUT2D eigenvalue weighted by Gasteiger charge is -2.21. The summed E-state index contributed by atoms with van der Waals surface area (Å²) in [4.78, 5) is 6.58. The molecule has 0 amide bonds. The SMILES string of the molecule is CCNC(C)c1ccc(N(C)Cc2ccccn2)cc1Br. The molecule has 2 aromatic rings. The van der Waals surface area contributed by atoms with Crippen LogP contribution in [0, 0.1) is 0 Å². The van der Waals surface area contributed by atoms with Gasteiger partial charge in [-0.1, -0.05) is 35.0 Å². The van der Waals surface area contributed by atoms with Crippen molar-refractivity contribution in [1.29, 1.82) is 0 Å². The van der Waals surface area contributed by atoms with Crippen LogP contribution in [0.4, 0.5) is 5.69 Å². The van der Waals surface area contributed by atoms with Crippen LogP contribution in [0.25, 0.3) is 0 Å². The summed E-state index contributed by atoms with van der Waals surface area (Å²) < 4.78 is 1.14. The minimum absolute atomic E-state index is 0.347. The predicted molar refractivity (Wildman–Crippen MR) is 92.6 cm³/mol. The zero-order valence-corrected chi connectivity index (χ0v) is 14.4. The molecular weight excluding hydrogens is 326 g/mol. The van der Waals surface area contributed by atoms with E-state index in [9.17, 15) is 0 Å². The van der Waals surface area contributed by atoms with Gasteiger partial charge in [-0.15, -0.1) is 0 Å². The van der Waals surface area contributed by atoms with Crippen molar-refractivity contribution < 1.29 is 0 Å². The molecule has 0 aliphatic rings. The van der Waals surface area contributed by atoms with Crippen LogP contribution in [0.1, 0.15) is 31.1 Å². The van der Waals surface area contributed by atoms with Crippen LogP contribution in [-0.2, 0) is 6.54 Å². The first-order valence-electron chi connectivity index (χ1n) is 7.25. The van der Waals surface area contributed by atoms with Crippen LogP contribution in [0.2, 0.25) is 0 Å². The lowest BCUT2D eigenvalue weighted by Crippen LogP contribution is -2.19. The molecule has 0 radical (unpaired) electrons. The first-order valence-corrected chi connectivity index (χ1v) is 8.05. The minimum atomic E-state index is 0.347. The van der Waals surface area contributed by atoms with Crippen molar-refractivity contribution in [1.82, 2.24) is 10.3 Å². The van der Waals surface area contributed by atoms with Crippen LogP contribution in [-0.4, -0.2) is 18.6 Å². The Morgan fingerprint density at radius 2 is 2.10 bits per heavy atom. The molecule has 1 unspecified atom stereocenters. The Labute approximate surface area is 135 Å². The van der Waals surface area contributed by atoms with Crippen LogP contribution in [0.3, 0.4) is 0 Å². The summed E-state index contributed by atoms with van der Waals surface area (Å²) in [7, 11) is 2.09. The highest BCUT2D eigenvalue weighted by atomic mass is 79.9. The summed E-state index contributed by atoms with van der Waals surface area (Å²) in [6, 6.07) is 12.9. The van der Waals surface area contributed by atoms with Gasteiger partial charge in [-0.05, 0) is 43.3 Å². The van der Waals surface area contributed by atoms with Crippen molar-refractivity contribution in [2.75, 3.05) is 18.5 Å². The molecule has 1 N–H and O–H groups in total. The van der Waals surface area contributed by atoms with Crippen molar-refractivity contribution in [3.05, 3.63) is 58.3 Å². The van der Waals surface area contributed by atoms with E-state index in [1.807, 2.05) is 24.4 Å². The Bertz CT molecular complexity index is 572. The number of benzene rings is 1. The smallest absolute Gasteiger partial charge is 0.0598 e. The molecule has 0 aliphatic carbocycles. The number of nitrogens with zero attached hydrogens (tertiary/aromatic N) is 2. The van der Waals surface area contributed by atoms with E-state index in [1.54, 1.807) is 0 Å². The van der Waals surface area contributed by atoms with Crippen molar-refractivity contribution in [2.45, 2.75) is 26.4 Å². The number of nitrogens with one attached hydrogen (secondary N) is 1. The van der Waals surface area contributed by atoms with Crippen molar-refractivity contribution >= 4 is 21.6 Å². The molecule has 0 saturated carbocycles. The number of pyridine rings is 1. The number of aromatic nitrogens is 1. The maximum absolute atomic E-state index is 4.37. The van der Waals surface area contributed by atoms with Gasteiger partial charge in [0.25, 0.3) is 0 Å². The highest BCUT2D eigenvalue weighted by Crippen LogP contribution is 2.28. The third kappa shape index (κ3) is 4.29. The Balaban J connectivity index is 2.12. The third-order valence-electron chi connectivity index (χ3n) is 3.53. The Morgan fingerprint density at radius 1 is 1.29 bits per heavy atom. The molecule has 1 aromatic carbocycles. The lowest BCUT2D eigenvalue weighted by molar-refractivity contribution is 0.596. The van der Waals surface area contributed by atoms with Gasteiger partial charge in [0.05, 0.1) is 12.2 Å². The minimum Gasteiger partial charge on any atom is -0.369 e. The van der Waals surface area contributed by atoms with E-state index in [0.717, 1.165) is 23.3 Å². The van der Waals surface area contributed by atoms with Crippen LogP contribution >= 0.6 is 15.9 Å². The zero-order valence-electron chi connectivity index (χ0n) is 12.8. The second-order valence-corrected chi connectivity index (χ2v) is 6.02. The summed E-state index contributed by atoms with van der Waals surface area (Å²) in [5, 5.41) is 3.44. The third-order valence-corrected chi connectivity index (χ3v) is 4.21. The second-order valence-electron chi connectivity index (χ2n) is 5.16. The summed E-state index contributed by atoms with van der Waals surface area (Å²) in [5.41, 5.74) is 3.54. The first kappa shape index (κ1) is 16.0. The monoisotopic (exact) mass is 347 g/mol. The molecule has 112 valence electrons. The quantitative estimate of drug-likeness (QED) is 0.850. The Morgan fingerprint density at radius 3 is 2.71 bits per heavy atom. The van der Waals surface area contributed by atoms with E-state index in [4.69, 9.17) is 0 Å². The molecular formula is C17H22BrN3. The normalized spacial score (nSPS) is 12.2. The topological polar surface area (TPSA) is 28.2 Å². The fourth-order valence-corrected chi connectivity index (χ4v) is 3.06. The van der Waals surface area contributed by atoms with Crippen LogP contribution in [0.15, 0.2) is 47.1 Å². The molecule has 3 nitrogen and oxygen atoms in total. The number of halogens is 1. The average Bonchev–Trinajstić information content (AvgIpc) is 2.48. The molecule has 0 fully saturated rings. The van der Waals surface area contributed by atoms with Gasteiger partial charge in [-0.25, -0.2) is 0 Å². The lowest BCUT2D eigenvalue weighted by atomic mass is 10.1. The predicted octanol–water partition coefficient (Wildman–Crippen LogP) is 4.15. The van der Waals surface area contributed by atoms with E-state index in [2.05, 4.69) is 70.2 Å². The van der Waals surface area contributed by atoms with E-state index in [1.165, 1.54) is 11.3 Å². The fraction of sp³-hybridized carbons (Fsp3) is 0.353. The highest BCUT2D eigenvalue weighted by molar-refractivity contribution is 9.10. The van der Waals surface area contributed by atoms with Crippen LogP contribution < -0.4 is 10.2 Å². The van der Waals surface area contributed by atoms with Gasteiger partial charge in [0.2, 0.25) is 0 Å². The van der Waals surface area contributed by atoms with Gasteiger partial charge < -0.3 is 10.2 Å². The molecule has 21 heavy (non-hydrogen) atoms.